The molecule has 0 aromatic rings. The predicted molar refractivity (Wildman–Crippen MR) is 29.7 cm³/mol. The van der Waals surface area contributed by atoms with Gasteiger partial charge in [0.05, 0.1) is 0 Å². The molecule has 0 saturated carbocycles. The van der Waals surface area contributed by atoms with Crippen molar-refractivity contribution < 1.29 is 13.9 Å². The van der Waals surface area contributed by atoms with Gasteiger partial charge < -0.3 is 4.74 Å². The van der Waals surface area contributed by atoms with Gasteiger partial charge in [0.25, 0.3) is 0 Å². The molecule has 0 aliphatic carbocycles. The summed E-state index contributed by atoms with van der Waals surface area (Å²) in [5.74, 6) is -0.382. The number of rotatable bonds is 2. The Balaban J connectivity index is 2.58. The summed E-state index contributed by atoms with van der Waals surface area (Å²) in [4.78, 5) is 10.6. The first-order valence-corrected chi connectivity index (χ1v) is 2.98. The molecule has 0 spiro atoms. The van der Waals surface area contributed by atoms with Crippen molar-refractivity contribution in [1.29, 1.82) is 0 Å². The van der Waals surface area contributed by atoms with Crippen molar-refractivity contribution in [2.45, 2.75) is 13.3 Å². The van der Waals surface area contributed by atoms with Crippen molar-refractivity contribution in [2.24, 2.45) is 5.41 Å². The summed E-state index contributed by atoms with van der Waals surface area (Å²) in [5, 5.41) is 0. The van der Waals surface area contributed by atoms with E-state index in [1.165, 1.54) is 0 Å². The molecule has 0 amide bonds. The molecule has 0 aromatic carbocycles. The van der Waals surface area contributed by atoms with Gasteiger partial charge in [-0.2, -0.15) is 0 Å². The fourth-order valence-electron chi connectivity index (χ4n) is 0.769. The van der Waals surface area contributed by atoms with Crippen LogP contribution in [0.15, 0.2) is 0 Å². The number of carbonyl (C=O) groups excluding carboxylic acids is 1. The van der Waals surface area contributed by atoms with Gasteiger partial charge in [0, 0.05) is 0 Å². The zero-order valence-corrected chi connectivity index (χ0v) is 5.32. The SMILES string of the molecule is CCC1(CF)COC1=O. The van der Waals surface area contributed by atoms with Gasteiger partial charge in [0.15, 0.2) is 0 Å². The maximum absolute atomic E-state index is 12.0. The Hall–Kier alpha value is -0.600. The number of carbonyl (C=O) groups is 1. The Morgan fingerprint density at radius 3 is 2.56 bits per heavy atom. The minimum atomic E-state index is -0.764. The summed E-state index contributed by atoms with van der Waals surface area (Å²) in [6.07, 6.45) is 0.544. The summed E-state index contributed by atoms with van der Waals surface area (Å²) in [6, 6.07) is 0. The Labute approximate surface area is 53.0 Å². The average Bonchev–Trinajstić information content (AvgIpc) is 1.89. The van der Waals surface area contributed by atoms with Crippen LogP contribution in [0.2, 0.25) is 0 Å². The van der Waals surface area contributed by atoms with Gasteiger partial charge in [-0.05, 0) is 6.42 Å². The first-order valence-electron chi connectivity index (χ1n) is 2.98. The van der Waals surface area contributed by atoms with Crippen molar-refractivity contribution in [1.82, 2.24) is 0 Å². The van der Waals surface area contributed by atoms with Gasteiger partial charge in [-0.3, -0.25) is 4.79 Å². The molecule has 9 heavy (non-hydrogen) atoms. The molecule has 0 aromatic heterocycles. The van der Waals surface area contributed by atoms with Crippen LogP contribution in [0.4, 0.5) is 4.39 Å². The second-order valence-electron chi connectivity index (χ2n) is 2.34. The third-order valence-electron chi connectivity index (χ3n) is 1.85. The smallest absolute Gasteiger partial charge is 0.318 e. The highest BCUT2D eigenvalue weighted by Crippen LogP contribution is 2.32. The molecule has 3 heteroatoms. The van der Waals surface area contributed by atoms with Crippen LogP contribution in [0.3, 0.4) is 0 Å². The van der Waals surface area contributed by atoms with Crippen LogP contribution in [0, 0.1) is 5.41 Å². The summed E-state index contributed by atoms with van der Waals surface area (Å²) in [6.45, 7) is 1.47. The van der Waals surface area contributed by atoms with E-state index in [1.54, 1.807) is 6.92 Å². The first-order chi connectivity index (χ1) is 4.25. The highest BCUT2D eigenvalue weighted by Gasteiger charge is 2.47. The molecule has 2 nitrogen and oxygen atoms in total. The summed E-state index contributed by atoms with van der Waals surface area (Å²) in [5.41, 5.74) is -0.764. The van der Waals surface area contributed by atoms with Crippen LogP contribution in [-0.2, 0) is 9.53 Å². The number of cyclic esters (lactones) is 1. The van der Waals surface area contributed by atoms with E-state index >= 15 is 0 Å². The molecule has 1 unspecified atom stereocenters. The van der Waals surface area contributed by atoms with E-state index in [2.05, 4.69) is 4.74 Å². The topological polar surface area (TPSA) is 26.3 Å². The van der Waals surface area contributed by atoms with E-state index in [4.69, 9.17) is 0 Å². The molecule has 0 radical (unpaired) electrons. The molecular formula is C6H9FO2. The molecule has 1 heterocycles. The number of alkyl halides is 1. The number of ether oxygens (including phenoxy) is 1. The van der Waals surface area contributed by atoms with Gasteiger partial charge in [0.2, 0.25) is 0 Å². The second kappa shape index (κ2) is 1.97. The molecule has 52 valence electrons. The molecule has 0 N–H and O–H groups in total. The number of esters is 1. The van der Waals surface area contributed by atoms with Crippen molar-refractivity contribution in [3.63, 3.8) is 0 Å². The van der Waals surface area contributed by atoms with Gasteiger partial charge in [-0.25, -0.2) is 4.39 Å². The van der Waals surface area contributed by atoms with E-state index in [0.717, 1.165) is 0 Å². The quantitative estimate of drug-likeness (QED) is 0.522. The Bertz CT molecular complexity index is 124. The molecule has 1 saturated heterocycles. The van der Waals surface area contributed by atoms with Crippen molar-refractivity contribution in [3.8, 4) is 0 Å². The largest absolute Gasteiger partial charge is 0.464 e. The standard InChI is InChI=1S/C6H9FO2/c1-2-6(3-7)4-9-5(6)8/h2-4H2,1H3. The fraction of sp³-hybridized carbons (Fsp3) is 0.833. The van der Waals surface area contributed by atoms with Crippen LogP contribution in [-0.4, -0.2) is 19.3 Å². The lowest BCUT2D eigenvalue weighted by molar-refractivity contribution is -0.188. The van der Waals surface area contributed by atoms with Crippen LogP contribution in [0.1, 0.15) is 13.3 Å². The lowest BCUT2D eigenvalue weighted by Gasteiger charge is -2.35. The van der Waals surface area contributed by atoms with Gasteiger partial charge in [-0.1, -0.05) is 6.92 Å². The van der Waals surface area contributed by atoms with E-state index in [0.29, 0.717) is 6.42 Å². The van der Waals surface area contributed by atoms with Crippen LogP contribution in [0.5, 0.6) is 0 Å². The molecule has 0 bridgehead atoms. The number of halogens is 1. The molecule has 1 rings (SSSR count). The molecule has 1 aliphatic heterocycles. The molecule has 1 atom stereocenters. The predicted octanol–water partition coefficient (Wildman–Crippen LogP) is 0.909. The molecule has 1 fully saturated rings. The third kappa shape index (κ3) is 0.713. The first kappa shape index (κ1) is 6.52. The van der Waals surface area contributed by atoms with E-state index in [1.807, 2.05) is 0 Å². The number of hydrogen-bond acceptors (Lipinski definition) is 2. The van der Waals surface area contributed by atoms with Gasteiger partial charge >= 0.3 is 5.97 Å². The number of hydrogen-bond donors (Lipinski definition) is 0. The Kier molecular flexibility index (Phi) is 1.43. The third-order valence-corrected chi connectivity index (χ3v) is 1.85. The van der Waals surface area contributed by atoms with Crippen molar-refractivity contribution >= 4 is 5.97 Å². The van der Waals surface area contributed by atoms with Crippen molar-refractivity contribution in [3.05, 3.63) is 0 Å². The van der Waals surface area contributed by atoms with E-state index < -0.39 is 12.1 Å². The zero-order chi connectivity index (χ0) is 6.91. The Morgan fingerprint density at radius 2 is 2.56 bits per heavy atom. The van der Waals surface area contributed by atoms with Gasteiger partial charge in [0.1, 0.15) is 18.7 Å². The highest BCUT2D eigenvalue weighted by molar-refractivity contribution is 5.81. The lowest BCUT2D eigenvalue weighted by atomic mass is 9.84. The van der Waals surface area contributed by atoms with Crippen LogP contribution in [0.25, 0.3) is 0 Å². The summed E-state index contributed by atoms with van der Waals surface area (Å²) in [7, 11) is 0. The molecular weight excluding hydrogens is 123 g/mol. The van der Waals surface area contributed by atoms with Crippen LogP contribution < -0.4 is 0 Å². The molecule has 1 aliphatic rings. The minimum Gasteiger partial charge on any atom is -0.464 e. The van der Waals surface area contributed by atoms with Crippen molar-refractivity contribution in [2.75, 3.05) is 13.3 Å². The Morgan fingerprint density at radius 1 is 1.89 bits per heavy atom. The monoisotopic (exact) mass is 132 g/mol. The summed E-state index contributed by atoms with van der Waals surface area (Å²) < 4.78 is 16.5. The highest BCUT2D eigenvalue weighted by atomic mass is 19.1. The normalized spacial score (nSPS) is 33.3. The van der Waals surface area contributed by atoms with E-state index in [-0.39, 0.29) is 12.6 Å². The average molecular weight is 132 g/mol. The van der Waals surface area contributed by atoms with Gasteiger partial charge in [-0.15, -0.1) is 0 Å². The minimum absolute atomic E-state index is 0.263. The fourth-order valence-corrected chi connectivity index (χ4v) is 0.769. The maximum Gasteiger partial charge on any atom is 0.318 e. The van der Waals surface area contributed by atoms with E-state index in [9.17, 15) is 9.18 Å². The second-order valence-corrected chi connectivity index (χ2v) is 2.34. The maximum atomic E-state index is 12.0. The van der Waals surface area contributed by atoms with Crippen LogP contribution >= 0.6 is 0 Å². The lowest BCUT2D eigenvalue weighted by Crippen LogP contribution is -2.49. The summed E-state index contributed by atoms with van der Waals surface area (Å²) >= 11 is 0. The zero-order valence-electron chi connectivity index (χ0n) is 5.32.